The summed E-state index contributed by atoms with van der Waals surface area (Å²) in [5.41, 5.74) is 3.64. The highest BCUT2D eigenvalue weighted by atomic mass is 32.2. The number of nitrogens with zero attached hydrogens (tertiary/aromatic N) is 2. The summed E-state index contributed by atoms with van der Waals surface area (Å²) in [6, 6.07) is 16.5. The molecule has 28 heavy (non-hydrogen) atoms. The van der Waals surface area contributed by atoms with Crippen LogP contribution in [0.3, 0.4) is 0 Å². The van der Waals surface area contributed by atoms with Crippen molar-refractivity contribution >= 4 is 10.0 Å². The van der Waals surface area contributed by atoms with E-state index in [1.807, 2.05) is 36.4 Å². The van der Waals surface area contributed by atoms with Gasteiger partial charge >= 0.3 is 0 Å². The fourth-order valence-corrected chi connectivity index (χ4v) is 6.45. The lowest BCUT2D eigenvalue weighted by atomic mass is 9.92. The zero-order chi connectivity index (χ0) is 19.1. The summed E-state index contributed by atoms with van der Waals surface area (Å²) in [6.07, 6.45) is 6.93. The topological polar surface area (TPSA) is 40.6 Å². The molecular weight excluding hydrogens is 368 g/mol. The van der Waals surface area contributed by atoms with E-state index < -0.39 is 10.0 Å². The van der Waals surface area contributed by atoms with Crippen molar-refractivity contribution in [2.24, 2.45) is 0 Å². The molecule has 0 radical (unpaired) electrons. The maximum Gasteiger partial charge on any atom is 0.243 e. The second-order valence-electron chi connectivity index (χ2n) is 8.41. The molecule has 1 saturated carbocycles. The predicted molar refractivity (Wildman–Crippen MR) is 111 cm³/mol. The lowest BCUT2D eigenvalue weighted by Gasteiger charge is -2.41. The number of sulfonamides is 1. The SMILES string of the molecule is O=S(=O)(c1ccc2c(c1)CCCC2)N1CCN(C2CC2)CC1c1ccccc1. The zero-order valence-electron chi connectivity index (χ0n) is 16.3. The third-order valence-electron chi connectivity index (χ3n) is 6.54. The smallest absolute Gasteiger partial charge is 0.243 e. The number of hydrogen-bond acceptors (Lipinski definition) is 3. The standard InChI is InChI=1S/C23H28N2O2S/c26-28(27,22-13-10-18-6-4-5-9-20(18)16-22)25-15-14-24(21-11-12-21)17-23(25)19-7-2-1-3-8-19/h1-3,7-8,10,13,16,21,23H,4-6,9,11-12,14-15,17H2. The molecule has 3 aliphatic rings. The van der Waals surface area contributed by atoms with Crippen LogP contribution in [0.15, 0.2) is 53.4 Å². The summed E-state index contributed by atoms with van der Waals surface area (Å²) in [6.45, 7) is 2.19. The highest BCUT2D eigenvalue weighted by molar-refractivity contribution is 7.89. The van der Waals surface area contributed by atoms with Crippen LogP contribution in [-0.4, -0.2) is 43.3 Å². The minimum absolute atomic E-state index is 0.114. The van der Waals surface area contributed by atoms with Gasteiger partial charge < -0.3 is 0 Å². The van der Waals surface area contributed by atoms with Crippen LogP contribution in [0.5, 0.6) is 0 Å². The largest absolute Gasteiger partial charge is 0.297 e. The number of rotatable bonds is 4. The van der Waals surface area contributed by atoms with E-state index in [9.17, 15) is 8.42 Å². The first-order chi connectivity index (χ1) is 13.6. The Balaban J connectivity index is 1.50. The van der Waals surface area contributed by atoms with Crippen molar-refractivity contribution in [1.29, 1.82) is 0 Å². The van der Waals surface area contributed by atoms with E-state index in [1.54, 1.807) is 4.31 Å². The van der Waals surface area contributed by atoms with Gasteiger partial charge in [0, 0.05) is 25.7 Å². The van der Waals surface area contributed by atoms with Gasteiger partial charge in [-0.25, -0.2) is 8.42 Å². The van der Waals surface area contributed by atoms with Crippen LogP contribution in [0.4, 0.5) is 0 Å². The summed E-state index contributed by atoms with van der Waals surface area (Å²) in [7, 11) is -3.51. The van der Waals surface area contributed by atoms with E-state index in [0.29, 0.717) is 17.5 Å². The lowest BCUT2D eigenvalue weighted by Crippen LogP contribution is -2.51. The molecule has 4 nitrogen and oxygen atoms in total. The molecule has 148 valence electrons. The Morgan fingerprint density at radius 1 is 0.857 bits per heavy atom. The van der Waals surface area contributed by atoms with Crippen LogP contribution in [0.25, 0.3) is 0 Å². The molecule has 0 aromatic heterocycles. The van der Waals surface area contributed by atoms with Crippen molar-refractivity contribution in [2.45, 2.75) is 55.5 Å². The molecule has 2 fully saturated rings. The summed E-state index contributed by atoms with van der Waals surface area (Å²) in [5, 5.41) is 0. The Bertz CT molecular complexity index is 954. The number of aryl methyl sites for hydroxylation is 2. The zero-order valence-corrected chi connectivity index (χ0v) is 17.1. The van der Waals surface area contributed by atoms with Gasteiger partial charge in [0.2, 0.25) is 10.0 Å². The summed E-state index contributed by atoms with van der Waals surface area (Å²) in [5.74, 6) is 0. The quantitative estimate of drug-likeness (QED) is 0.790. The van der Waals surface area contributed by atoms with Crippen LogP contribution in [-0.2, 0) is 22.9 Å². The van der Waals surface area contributed by atoms with Crippen molar-refractivity contribution in [1.82, 2.24) is 9.21 Å². The van der Waals surface area contributed by atoms with E-state index in [0.717, 1.165) is 37.9 Å². The third kappa shape index (κ3) is 3.40. The van der Waals surface area contributed by atoms with Gasteiger partial charge in [0.25, 0.3) is 0 Å². The van der Waals surface area contributed by atoms with Crippen molar-refractivity contribution < 1.29 is 8.42 Å². The first-order valence-corrected chi connectivity index (χ1v) is 12.0. The molecular formula is C23H28N2O2S. The van der Waals surface area contributed by atoms with E-state index in [2.05, 4.69) is 17.0 Å². The molecule has 5 heteroatoms. The average molecular weight is 397 g/mol. The van der Waals surface area contributed by atoms with E-state index in [4.69, 9.17) is 0 Å². The van der Waals surface area contributed by atoms with Crippen LogP contribution in [0.1, 0.15) is 48.4 Å². The van der Waals surface area contributed by atoms with Gasteiger partial charge in [0.15, 0.2) is 0 Å². The Morgan fingerprint density at radius 2 is 1.61 bits per heavy atom. The molecule has 0 amide bonds. The normalized spacial score (nSPS) is 24.1. The first kappa shape index (κ1) is 18.3. The molecule has 1 heterocycles. The van der Waals surface area contributed by atoms with Crippen molar-refractivity contribution in [2.75, 3.05) is 19.6 Å². The number of fused-ring (bicyclic) bond motifs is 1. The molecule has 2 aromatic rings. The molecule has 0 bridgehead atoms. The minimum atomic E-state index is -3.51. The maximum atomic E-state index is 13.7. The molecule has 2 aliphatic carbocycles. The second kappa shape index (κ2) is 7.29. The summed E-state index contributed by atoms with van der Waals surface area (Å²) >= 11 is 0. The number of piperazine rings is 1. The first-order valence-electron chi connectivity index (χ1n) is 10.6. The van der Waals surface area contributed by atoms with Gasteiger partial charge in [0.1, 0.15) is 0 Å². The van der Waals surface area contributed by atoms with E-state index >= 15 is 0 Å². The van der Waals surface area contributed by atoms with Crippen molar-refractivity contribution in [3.63, 3.8) is 0 Å². The molecule has 1 atom stereocenters. The third-order valence-corrected chi connectivity index (χ3v) is 8.44. The molecule has 1 aliphatic heterocycles. The van der Waals surface area contributed by atoms with Crippen LogP contribution in [0.2, 0.25) is 0 Å². The van der Waals surface area contributed by atoms with Crippen molar-refractivity contribution in [3.8, 4) is 0 Å². The lowest BCUT2D eigenvalue weighted by molar-refractivity contribution is 0.128. The van der Waals surface area contributed by atoms with Gasteiger partial charge in [-0.05, 0) is 67.3 Å². The molecule has 0 spiro atoms. The monoisotopic (exact) mass is 396 g/mol. The Morgan fingerprint density at radius 3 is 2.36 bits per heavy atom. The molecule has 1 unspecified atom stereocenters. The Kier molecular flexibility index (Phi) is 4.77. The second-order valence-corrected chi connectivity index (χ2v) is 10.3. The average Bonchev–Trinajstić information content (AvgIpc) is 3.59. The molecule has 1 saturated heterocycles. The van der Waals surface area contributed by atoms with Crippen LogP contribution in [0, 0.1) is 0 Å². The van der Waals surface area contributed by atoms with Gasteiger partial charge in [-0.2, -0.15) is 4.31 Å². The number of benzene rings is 2. The molecule has 0 N–H and O–H groups in total. The van der Waals surface area contributed by atoms with E-state index in [-0.39, 0.29) is 6.04 Å². The minimum Gasteiger partial charge on any atom is -0.297 e. The Labute approximate surface area is 168 Å². The predicted octanol–water partition coefficient (Wildman–Crippen LogP) is 3.78. The van der Waals surface area contributed by atoms with Crippen LogP contribution >= 0.6 is 0 Å². The van der Waals surface area contributed by atoms with Crippen molar-refractivity contribution in [3.05, 3.63) is 65.2 Å². The fraction of sp³-hybridized carbons (Fsp3) is 0.478. The Hall–Kier alpha value is -1.69. The summed E-state index contributed by atoms with van der Waals surface area (Å²) < 4.78 is 29.1. The molecule has 5 rings (SSSR count). The van der Waals surface area contributed by atoms with Gasteiger partial charge in [0.05, 0.1) is 10.9 Å². The number of hydrogen-bond donors (Lipinski definition) is 0. The van der Waals surface area contributed by atoms with Gasteiger partial charge in [-0.15, -0.1) is 0 Å². The molecule has 2 aromatic carbocycles. The highest BCUT2D eigenvalue weighted by Gasteiger charge is 2.41. The van der Waals surface area contributed by atoms with Crippen LogP contribution < -0.4 is 0 Å². The fourth-order valence-electron chi connectivity index (χ4n) is 4.80. The van der Waals surface area contributed by atoms with Gasteiger partial charge in [-0.1, -0.05) is 36.4 Å². The highest BCUT2D eigenvalue weighted by Crippen LogP contribution is 2.36. The van der Waals surface area contributed by atoms with Gasteiger partial charge in [-0.3, -0.25) is 4.90 Å². The van der Waals surface area contributed by atoms with E-state index in [1.165, 1.54) is 30.4 Å². The maximum absolute atomic E-state index is 13.7. The summed E-state index contributed by atoms with van der Waals surface area (Å²) in [4.78, 5) is 2.95.